The largest absolute Gasteiger partial charge is 0.378 e. The molecule has 5 nitrogen and oxygen atoms in total. The van der Waals surface area contributed by atoms with Gasteiger partial charge in [-0.3, -0.25) is 4.79 Å². The molecule has 23 heavy (non-hydrogen) atoms. The van der Waals surface area contributed by atoms with Crippen molar-refractivity contribution in [2.24, 2.45) is 0 Å². The Morgan fingerprint density at radius 1 is 0.783 bits per heavy atom. The van der Waals surface area contributed by atoms with Crippen LogP contribution >= 0.6 is 0 Å². The Balaban J connectivity index is 1.85. The Kier molecular flexibility index (Phi) is 5.46. The van der Waals surface area contributed by atoms with Gasteiger partial charge in [0.25, 0.3) is 0 Å². The molecule has 2 N–H and O–H groups in total. The van der Waals surface area contributed by atoms with Gasteiger partial charge in [-0.25, -0.2) is 0 Å². The van der Waals surface area contributed by atoms with E-state index in [9.17, 15) is 4.79 Å². The number of hydrogen-bond donors (Lipinski definition) is 2. The lowest BCUT2D eigenvalue weighted by molar-refractivity contribution is -0.114. The van der Waals surface area contributed by atoms with E-state index in [1.807, 2.05) is 86.5 Å². The fourth-order valence-corrected chi connectivity index (χ4v) is 2.11. The molecule has 0 fully saturated rings. The number of amides is 1. The molecule has 1 amide bonds. The van der Waals surface area contributed by atoms with Crippen LogP contribution in [0, 0.1) is 0 Å². The summed E-state index contributed by atoms with van der Waals surface area (Å²) in [6, 6.07) is 15.7. The van der Waals surface area contributed by atoms with Crippen molar-refractivity contribution in [3.63, 3.8) is 0 Å². The van der Waals surface area contributed by atoms with Gasteiger partial charge in [0.15, 0.2) is 0 Å². The van der Waals surface area contributed by atoms with Gasteiger partial charge >= 0.3 is 0 Å². The van der Waals surface area contributed by atoms with Gasteiger partial charge < -0.3 is 20.4 Å². The second kappa shape index (κ2) is 7.54. The summed E-state index contributed by atoms with van der Waals surface area (Å²) < 4.78 is 0. The van der Waals surface area contributed by atoms with E-state index in [2.05, 4.69) is 10.6 Å². The van der Waals surface area contributed by atoms with Crippen molar-refractivity contribution >= 4 is 28.7 Å². The molecule has 0 bridgehead atoms. The first-order chi connectivity index (χ1) is 11.0. The monoisotopic (exact) mass is 312 g/mol. The SMILES string of the molecule is CN(C)c1ccc(NCC(=O)Nc2ccc(N(C)C)cc2)cc1. The van der Waals surface area contributed by atoms with Crippen LogP contribution in [0.15, 0.2) is 48.5 Å². The van der Waals surface area contributed by atoms with Crippen molar-refractivity contribution in [3.8, 4) is 0 Å². The molecule has 0 spiro atoms. The lowest BCUT2D eigenvalue weighted by atomic mass is 10.2. The molecule has 0 radical (unpaired) electrons. The number of carbonyl (C=O) groups excluding carboxylic acids is 1. The van der Waals surface area contributed by atoms with E-state index in [0.29, 0.717) is 0 Å². The third-order valence-electron chi connectivity index (χ3n) is 3.50. The molecular formula is C18H24N4O. The molecule has 0 aliphatic heterocycles. The first-order valence-corrected chi connectivity index (χ1v) is 7.54. The van der Waals surface area contributed by atoms with Crippen molar-refractivity contribution in [1.29, 1.82) is 0 Å². The van der Waals surface area contributed by atoms with Crippen LogP contribution in [0.4, 0.5) is 22.7 Å². The number of anilines is 4. The highest BCUT2D eigenvalue weighted by molar-refractivity contribution is 5.93. The Bertz CT molecular complexity index is 633. The summed E-state index contributed by atoms with van der Waals surface area (Å²) in [5.74, 6) is -0.0701. The van der Waals surface area contributed by atoms with E-state index in [1.165, 1.54) is 0 Å². The minimum atomic E-state index is -0.0701. The average Bonchev–Trinajstić information content (AvgIpc) is 2.54. The van der Waals surface area contributed by atoms with Gasteiger partial charge in [-0.05, 0) is 48.5 Å². The summed E-state index contributed by atoms with van der Waals surface area (Å²) in [6.45, 7) is 0.233. The molecule has 5 heteroatoms. The summed E-state index contributed by atoms with van der Waals surface area (Å²) in [5, 5.41) is 6.00. The molecular weight excluding hydrogens is 288 g/mol. The van der Waals surface area contributed by atoms with Crippen LogP contribution in [-0.2, 0) is 4.79 Å². The van der Waals surface area contributed by atoms with Gasteiger partial charge in [-0.15, -0.1) is 0 Å². The highest BCUT2D eigenvalue weighted by Crippen LogP contribution is 2.17. The molecule has 0 unspecified atom stereocenters. The number of carbonyl (C=O) groups is 1. The number of rotatable bonds is 6. The van der Waals surface area contributed by atoms with Crippen LogP contribution in [0.3, 0.4) is 0 Å². The maximum atomic E-state index is 12.0. The highest BCUT2D eigenvalue weighted by Gasteiger charge is 2.03. The van der Waals surface area contributed by atoms with Crippen molar-refractivity contribution in [2.45, 2.75) is 0 Å². The molecule has 2 aromatic carbocycles. The molecule has 122 valence electrons. The summed E-state index contributed by atoms with van der Waals surface area (Å²) in [5.41, 5.74) is 3.95. The first-order valence-electron chi connectivity index (χ1n) is 7.54. The predicted molar refractivity (Wildman–Crippen MR) is 98.7 cm³/mol. The highest BCUT2D eigenvalue weighted by atomic mass is 16.1. The van der Waals surface area contributed by atoms with E-state index in [0.717, 1.165) is 22.7 Å². The Labute approximate surface area is 137 Å². The minimum Gasteiger partial charge on any atom is -0.378 e. The summed E-state index contributed by atoms with van der Waals surface area (Å²) in [4.78, 5) is 16.0. The molecule has 0 atom stereocenters. The smallest absolute Gasteiger partial charge is 0.243 e. The Hall–Kier alpha value is -2.69. The molecule has 0 aromatic heterocycles. The van der Waals surface area contributed by atoms with Crippen molar-refractivity contribution in [2.75, 3.05) is 55.2 Å². The molecule has 2 aromatic rings. The zero-order valence-corrected chi connectivity index (χ0v) is 14.1. The third kappa shape index (κ3) is 4.92. The number of nitrogens with zero attached hydrogens (tertiary/aromatic N) is 2. The Morgan fingerprint density at radius 3 is 1.65 bits per heavy atom. The summed E-state index contributed by atoms with van der Waals surface area (Å²) >= 11 is 0. The molecule has 0 aliphatic carbocycles. The summed E-state index contributed by atoms with van der Waals surface area (Å²) in [6.07, 6.45) is 0. The third-order valence-corrected chi connectivity index (χ3v) is 3.50. The molecule has 2 rings (SSSR count). The Morgan fingerprint density at radius 2 is 1.22 bits per heavy atom. The first kappa shape index (κ1) is 16.7. The van der Waals surface area contributed by atoms with Gasteiger partial charge in [0.2, 0.25) is 5.91 Å². The predicted octanol–water partition coefficient (Wildman–Crippen LogP) is 2.87. The lowest BCUT2D eigenvalue weighted by Gasteiger charge is -2.14. The minimum absolute atomic E-state index is 0.0701. The maximum absolute atomic E-state index is 12.0. The van der Waals surface area contributed by atoms with Crippen LogP contribution < -0.4 is 20.4 Å². The second-order valence-corrected chi connectivity index (χ2v) is 5.78. The van der Waals surface area contributed by atoms with Gasteiger partial charge in [-0.2, -0.15) is 0 Å². The molecule has 0 saturated heterocycles. The van der Waals surface area contributed by atoms with Crippen LogP contribution in [0.2, 0.25) is 0 Å². The zero-order valence-electron chi connectivity index (χ0n) is 14.1. The molecule has 0 heterocycles. The maximum Gasteiger partial charge on any atom is 0.243 e. The van der Waals surface area contributed by atoms with E-state index < -0.39 is 0 Å². The topological polar surface area (TPSA) is 47.6 Å². The van der Waals surface area contributed by atoms with Crippen LogP contribution in [0.25, 0.3) is 0 Å². The van der Waals surface area contributed by atoms with Crippen LogP contribution in [0.5, 0.6) is 0 Å². The van der Waals surface area contributed by atoms with Gasteiger partial charge in [-0.1, -0.05) is 0 Å². The number of hydrogen-bond acceptors (Lipinski definition) is 4. The van der Waals surface area contributed by atoms with E-state index >= 15 is 0 Å². The zero-order chi connectivity index (χ0) is 16.8. The van der Waals surface area contributed by atoms with Crippen molar-refractivity contribution in [1.82, 2.24) is 0 Å². The summed E-state index contributed by atoms with van der Waals surface area (Å²) in [7, 11) is 7.97. The fourth-order valence-electron chi connectivity index (χ4n) is 2.11. The molecule has 0 aliphatic rings. The van der Waals surface area contributed by atoms with E-state index in [4.69, 9.17) is 0 Å². The quantitative estimate of drug-likeness (QED) is 0.861. The van der Waals surface area contributed by atoms with Gasteiger partial charge in [0.1, 0.15) is 0 Å². The van der Waals surface area contributed by atoms with Crippen molar-refractivity contribution in [3.05, 3.63) is 48.5 Å². The average molecular weight is 312 g/mol. The number of nitrogens with one attached hydrogen (secondary N) is 2. The second-order valence-electron chi connectivity index (χ2n) is 5.78. The van der Waals surface area contributed by atoms with Crippen LogP contribution in [-0.4, -0.2) is 40.6 Å². The van der Waals surface area contributed by atoms with Crippen LogP contribution in [0.1, 0.15) is 0 Å². The van der Waals surface area contributed by atoms with Gasteiger partial charge in [0, 0.05) is 50.9 Å². The molecule has 0 saturated carbocycles. The van der Waals surface area contributed by atoms with Gasteiger partial charge in [0.05, 0.1) is 6.54 Å². The standard InChI is InChI=1S/C18H24N4O/c1-21(2)16-9-5-14(6-10-16)19-13-18(23)20-15-7-11-17(12-8-15)22(3)4/h5-12,19H,13H2,1-4H3,(H,20,23). The van der Waals surface area contributed by atoms with Crippen molar-refractivity contribution < 1.29 is 4.79 Å². The van der Waals surface area contributed by atoms with E-state index in [-0.39, 0.29) is 12.5 Å². The lowest BCUT2D eigenvalue weighted by Crippen LogP contribution is -2.21. The fraction of sp³-hybridized carbons (Fsp3) is 0.278. The number of benzene rings is 2. The normalized spacial score (nSPS) is 10.1. The van der Waals surface area contributed by atoms with E-state index in [1.54, 1.807) is 0 Å².